The van der Waals surface area contributed by atoms with Gasteiger partial charge in [0.15, 0.2) is 0 Å². The lowest BCUT2D eigenvalue weighted by molar-refractivity contribution is 0.188. The maximum atomic E-state index is 10.7. The molecule has 0 radical (unpaired) electrons. The summed E-state index contributed by atoms with van der Waals surface area (Å²) in [5, 5.41) is 8.36. The van der Waals surface area contributed by atoms with Crippen LogP contribution in [0.25, 0.3) is 11.5 Å². The van der Waals surface area contributed by atoms with E-state index >= 15 is 0 Å². The topological polar surface area (TPSA) is 94.3 Å². The Kier molecular flexibility index (Phi) is 6.46. The van der Waals surface area contributed by atoms with Gasteiger partial charge in [-0.2, -0.15) is 0 Å². The minimum absolute atomic E-state index is 0.323. The van der Waals surface area contributed by atoms with E-state index in [1.54, 1.807) is 0 Å². The van der Waals surface area contributed by atoms with Gasteiger partial charge in [-0.05, 0) is 55.1 Å². The number of aromatic nitrogens is 2. The maximum absolute atomic E-state index is 10.7. The molecule has 1 saturated heterocycles. The smallest absolute Gasteiger partial charge is 0.247 e. The SMILES string of the molecule is O=S([O-])NCc1cccc(C2CCN(Cc3nnc(-c4ccccc4)o3)CC2)c1. The molecule has 0 bridgehead atoms. The molecule has 0 amide bonds. The van der Waals surface area contributed by atoms with Gasteiger partial charge in [-0.3, -0.25) is 9.11 Å². The first-order valence-corrected chi connectivity index (χ1v) is 10.8. The lowest BCUT2D eigenvalue weighted by Gasteiger charge is -2.31. The van der Waals surface area contributed by atoms with E-state index in [9.17, 15) is 8.76 Å². The van der Waals surface area contributed by atoms with E-state index in [2.05, 4.69) is 32.0 Å². The summed E-state index contributed by atoms with van der Waals surface area (Å²) in [5.41, 5.74) is 3.18. The Morgan fingerprint density at radius 3 is 2.66 bits per heavy atom. The standard InChI is InChI=1S/C21H24N4O3S/c26-29(27)22-14-16-5-4-8-19(13-16)17-9-11-25(12-10-17)15-20-23-24-21(28-20)18-6-2-1-3-7-18/h1-8,13,17,22H,9-12,14-15H2,(H,26,27)/p-1. The maximum Gasteiger partial charge on any atom is 0.247 e. The van der Waals surface area contributed by atoms with Crippen LogP contribution in [0.5, 0.6) is 0 Å². The van der Waals surface area contributed by atoms with Gasteiger partial charge in [-0.25, -0.2) is 4.72 Å². The molecule has 0 saturated carbocycles. The van der Waals surface area contributed by atoms with E-state index in [-0.39, 0.29) is 0 Å². The molecule has 2 heterocycles. The molecule has 1 unspecified atom stereocenters. The zero-order valence-corrected chi connectivity index (χ0v) is 16.8. The van der Waals surface area contributed by atoms with Crippen LogP contribution >= 0.6 is 0 Å². The highest BCUT2D eigenvalue weighted by Crippen LogP contribution is 2.29. The van der Waals surface area contributed by atoms with Crippen molar-refractivity contribution < 1.29 is 13.2 Å². The molecule has 8 heteroatoms. The third-order valence-corrected chi connectivity index (χ3v) is 5.63. The fraction of sp³-hybridized carbons (Fsp3) is 0.333. The first kappa shape index (κ1) is 19.9. The highest BCUT2D eigenvalue weighted by Gasteiger charge is 2.22. The van der Waals surface area contributed by atoms with Gasteiger partial charge < -0.3 is 8.97 Å². The minimum Gasteiger partial charge on any atom is -0.760 e. The van der Waals surface area contributed by atoms with Crippen LogP contribution in [0.3, 0.4) is 0 Å². The van der Waals surface area contributed by atoms with Crippen LogP contribution in [0, 0.1) is 0 Å². The number of nitrogens with zero attached hydrogens (tertiary/aromatic N) is 3. The molecular weight excluding hydrogens is 388 g/mol. The fourth-order valence-corrected chi connectivity index (χ4v) is 4.01. The molecule has 29 heavy (non-hydrogen) atoms. The summed E-state index contributed by atoms with van der Waals surface area (Å²) in [7, 11) is 0. The molecule has 1 N–H and O–H groups in total. The first-order valence-electron chi connectivity index (χ1n) is 9.69. The molecule has 1 aromatic heterocycles. The van der Waals surface area contributed by atoms with Gasteiger partial charge in [0.1, 0.15) is 0 Å². The highest BCUT2D eigenvalue weighted by atomic mass is 32.2. The van der Waals surface area contributed by atoms with Crippen LogP contribution in [0.2, 0.25) is 0 Å². The second-order valence-electron chi connectivity index (χ2n) is 7.22. The molecule has 1 fully saturated rings. The molecule has 7 nitrogen and oxygen atoms in total. The summed E-state index contributed by atoms with van der Waals surface area (Å²) in [6.07, 6.45) is 2.09. The molecular formula is C21H23N4O3S-. The van der Waals surface area contributed by atoms with Crippen molar-refractivity contribution in [1.29, 1.82) is 0 Å². The van der Waals surface area contributed by atoms with E-state index in [1.165, 1.54) is 5.56 Å². The number of hydrogen-bond donors (Lipinski definition) is 1. The van der Waals surface area contributed by atoms with Crippen molar-refractivity contribution in [2.24, 2.45) is 0 Å². The number of likely N-dealkylation sites (tertiary alicyclic amines) is 1. The first-order chi connectivity index (χ1) is 14.2. The van der Waals surface area contributed by atoms with Gasteiger partial charge in [-0.1, -0.05) is 42.5 Å². The monoisotopic (exact) mass is 411 g/mol. The molecule has 2 aromatic carbocycles. The van der Waals surface area contributed by atoms with Crippen LogP contribution in [-0.2, 0) is 24.4 Å². The molecule has 152 valence electrons. The van der Waals surface area contributed by atoms with E-state index in [1.807, 2.05) is 42.5 Å². The predicted octanol–water partition coefficient (Wildman–Crippen LogP) is 3.00. The largest absolute Gasteiger partial charge is 0.760 e. The van der Waals surface area contributed by atoms with Gasteiger partial charge in [0.25, 0.3) is 0 Å². The third kappa shape index (κ3) is 5.36. The van der Waals surface area contributed by atoms with Gasteiger partial charge in [0.2, 0.25) is 11.8 Å². The quantitative estimate of drug-likeness (QED) is 0.601. The van der Waals surface area contributed by atoms with Crippen LogP contribution in [0.1, 0.15) is 35.8 Å². The Bertz CT molecular complexity index is 955. The van der Waals surface area contributed by atoms with E-state index in [0.29, 0.717) is 30.8 Å². The van der Waals surface area contributed by atoms with Gasteiger partial charge in [0, 0.05) is 23.4 Å². The Labute approximate surface area is 172 Å². The average Bonchev–Trinajstić information content (AvgIpc) is 3.22. The number of rotatable bonds is 7. The van der Waals surface area contributed by atoms with Crippen LogP contribution in [-0.4, -0.2) is 36.9 Å². The summed E-state index contributed by atoms with van der Waals surface area (Å²) >= 11 is -2.24. The number of piperidine rings is 1. The number of nitrogens with one attached hydrogen (secondary N) is 1. The van der Waals surface area contributed by atoms with Gasteiger partial charge >= 0.3 is 0 Å². The third-order valence-electron chi connectivity index (χ3n) is 5.25. The molecule has 3 aromatic rings. The summed E-state index contributed by atoms with van der Waals surface area (Å²) < 4.78 is 29.6. The van der Waals surface area contributed by atoms with Crippen LogP contribution in [0.4, 0.5) is 0 Å². The molecule has 0 spiro atoms. The van der Waals surface area contributed by atoms with Crippen molar-refractivity contribution in [3.8, 4) is 11.5 Å². The number of hydrogen-bond acceptors (Lipinski definition) is 6. The van der Waals surface area contributed by atoms with Crippen molar-refractivity contribution in [3.63, 3.8) is 0 Å². The molecule has 1 aliphatic rings. The predicted molar refractivity (Wildman–Crippen MR) is 109 cm³/mol. The lowest BCUT2D eigenvalue weighted by atomic mass is 9.88. The molecule has 0 aliphatic carbocycles. The molecule has 1 aliphatic heterocycles. The zero-order chi connectivity index (χ0) is 20.1. The number of benzene rings is 2. The van der Waals surface area contributed by atoms with E-state index in [0.717, 1.165) is 37.1 Å². The normalized spacial score (nSPS) is 16.7. The van der Waals surface area contributed by atoms with E-state index < -0.39 is 11.3 Å². The Hall–Kier alpha value is -2.39. The Balaban J connectivity index is 1.31. The highest BCUT2D eigenvalue weighted by molar-refractivity contribution is 7.77. The molecule has 1 atom stereocenters. The average molecular weight is 412 g/mol. The van der Waals surface area contributed by atoms with Crippen LogP contribution in [0.15, 0.2) is 59.0 Å². The fourth-order valence-electron chi connectivity index (χ4n) is 3.73. The van der Waals surface area contributed by atoms with Crippen molar-refractivity contribution in [3.05, 3.63) is 71.6 Å². The van der Waals surface area contributed by atoms with Crippen molar-refractivity contribution in [2.75, 3.05) is 13.1 Å². The molecule has 4 rings (SSSR count). The Morgan fingerprint density at radius 2 is 1.90 bits per heavy atom. The van der Waals surface area contributed by atoms with Gasteiger partial charge in [0.05, 0.1) is 6.54 Å². The van der Waals surface area contributed by atoms with E-state index in [4.69, 9.17) is 4.42 Å². The second-order valence-corrected chi connectivity index (χ2v) is 7.98. The van der Waals surface area contributed by atoms with Crippen molar-refractivity contribution in [1.82, 2.24) is 19.8 Å². The Morgan fingerprint density at radius 1 is 1.10 bits per heavy atom. The summed E-state index contributed by atoms with van der Waals surface area (Å²) in [5.74, 6) is 1.67. The van der Waals surface area contributed by atoms with Gasteiger partial charge in [-0.15, -0.1) is 10.2 Å². The zero-order valence-electron chi connectivity index (χ0n) is 16.0. The summed E-state index contributed by atoms with van der Waals surface area (Å²) in [6, 6.07) is 18.0. The lowest BCUT2D eigenvalue weighted by Crippen LogP contribution is -2.32. The van der Waals surface area contributed by atoms with Crippen molar-refractivity contribution >= 4 is 11.3 Å². The van der Waals surface area contributed by atoms with Crippen LogP contribution < -0.4 is 4.72 Å². The minimum atomic E-state index is -2.24. The summed E-state index contributed by atoms with van der Waals surface area (Å²) in [6.45, 7) is 2.90. The summed E-state index contributed by atoms with van der Waals surface area (Å²) in [4.78, 5) is 2.34. The second kappa shape index (κ2) is 9.41. The van der Waals surface area contributed by atoms with Crippen molar-refractivity contribution in [2.45, 2.75) is 31.8 Å².